The van der Waals surface area contributed by atoms with E-state index in [4.69, 9.17) is 11.6 Å². The molecule has 0 aliphatic heterocycles. The summed E-state index contributed by atoms with van der Waals surface area (Å²) in [7, 11) is 1.84. The summed E-state index contributed by atoms with van der Waals surface area (Å²) in [6.07, 6.45) is 1.73. The highest BCUT2D eigenvalue weighted by Crippen LogP contribution is 2.11. The lowest BCUT2D eigenvalue weighted by Gasteiger charge is -1.87. The van der Waals surface area contributed by atoms with E-state index in [1.165, 1.54) is 0 Å². The van der Waals surface area contributed by atoms with Crippen LogP contribution in [0.4, 0.5) is 5.82 Å². The summed E-state index contributed by atoms with van der Waals surface area (Å²) in [4.78, 5) is 2.91. The Morgan fingerprint density at radius 2 is 2.50 bits per heavy atom. The summed E-state index contributed by atoms with van der Waals surface area (Å²) in [5, 5.41) is 3.64. The van der Waals surface area contributed by atoms with Crippen molar-refractivity contribution >= 4 is 17.4 Å². The summed E-state index contributed by atoms with van der Waals surface area (Å²) in [6, 6.07) is 1.82. The summed E-state index contributed by atoms with van der Waals surface area (Å²) in [5.41, 5.74) is 0. The molecule has 0 saturated carbocycles. The number of hydrogen-bond donors (Lipinski definition) is 2. The topological polar surface area (TPSA) is 27.8 Å². The van der Waals surface area contributed by atoms with E-state index < -0.39 is 0 Å². The maximum Gasteiger partial charge on any atom is 0.104 e. The number of nitrogens with one attached hydrogen (secondary N) is 2. The van der Waals surface area contributed by atoms with Crippen molar-refractivity contribution in [2.75, 3.05) is 12.4 Å². The second-order valence-electron chi connectivity index (χ2n) is 1.48. The molecule has 1 aromatic heterocycles. The zero-order chi connectivity index (χ0) is 5.98. The van der Waals surface area contributed by atoms with E-state index in [1.807, 2.05) is 13.1 Å². The molecule has 2 nitrogen and oxygen atoms in total. The van der Waals surface area contributed by atoms with Crippen molar-refractivity contribution < 1.29 is 0 Å². The number of aromatic amines is 1. The average Bonchev–Trinajstić information content (AvgIpc) is 2.14. The SMILES string of the molecule is CNc1cc(Cl)c[nH]1. The molecule has 2 N–H and O–H groups in total. The highest BCUT2D eigenvalue weighted by Gasteiger charge is 1.89. The van der Waals surface area contributed by atoms with Gasteiger partial charge in [0.1, 0.15) is 5.82 Å². The normalized spacial score (nSPS) is 9.25. The Bertz CT molecular complexity index is 171. The summed E-state index contributed by atoms with van der Waals surface area (Å²) >= 11 is 5.57. The van der Waals surface area contributed by atoms with Crippen LogP contribution in [-0.4, -0.2) is 12.0 Å². The van der Waals surface area contributed by atoms with E-state index in [2.05, 4.69) is 10.3 Å². The molecule has 0 spiro atoms. The highest BCUT2D eigenvalue weighted by molar-refractivity contribution is 6.30. The lowest BCUT2D eigenvalue weighted by atomic mass is 10.6. The van der Waals surface area contributed by atoms with Crippen LogP contribution < -0.4 is 5.32 Å². The lowest BCUT2D eigenvalue weighted by molar-refractivity contribution is 1.35. The predicted octanol–water partition coefficient (Wildman–Crippen LogP) is 1.71. The quantitative estimate of drug-likeness (QED) is 0.595. The molecule has 0 saturated heterocycles. The van der Waals surface area contributed by atoms with Crippen LogP contribution in [-0.2, 0) is 0 Å². The molecule has 0 fully saturated rings. The molecule has 0 radical (unpaired) electrons. The van der Waals surface area contributed by atoms with E-state index in [0.717, 1.165) is 10.8 Å². The molecule has 1 rings (SSSR count). The second kappa shape index (κ2) is 2.09. The predicted molar refractivity (Wildman–Crippen MR) is 35.3 cm³/mol. The van der Waals surface area contributed by atoms with Crippen LogP contribution in [0.25, 0.3) is 0 Å². The summed E-state index contributed by atoms with van der Waals surface area (Å²) in [5.74, 6) is 0.940. The van der Waals surface area contributed by atoms with E-state index >= 15 is 0 Å². The first-order chi connectivity index (χ1) is 3.83. The van der Waals surface area contributed by atoms with Gasteiger partial charge in [0.15, 0.2) is 0 Å². The Morgan fingerprint density at radius 3 is 2.75 bits per heavy atom. The van der Waals surface area contributed by atoms with Gasteiger partial charge in [-0.05, 0) is 6.07 Å². The number of H-pyrrole nitrogens is 1. The van der Waals surface area contributed by atoms with Gasteiger partial charge < -0.3 is 10.3 Å². The van der Waals surface area contributed by atoms with Crippen molar-refractivity contribution in [1.82, 2.24) is 4.98 Å². The molecule has 0 aliphatic carbocycles. The van der Waals surface area contributed by atoms with E-state index in [9.17, 15) is 0 Å². The molecule has 44 valence electrons. The number of hydrogen-bond acceptors (Lipinski definition) is 1. The largest absolute Gasteiger partial charge is 0.375 e. The zero-order valence-corrected chi connectivity index (χ0v) is 5.29. The third kappa shape index (κ3) is 0.954. The molecule has 0 atom stereocenters. The van der Waals surface area contributed by atoms with Gasteiger partial charge in [-0.15, -0.1) is 0 Å². The van der Waals surface area contributed by atoms with Gasteiger partial charge in [-0.25, -0.2) is 0 Å². The van der Waals surface area contributed by atoms with Crippen LogP contribution in [0, 0.1) is 0 Å². The molecule has 0 amide bonds. The van der Waals surface area contributed by atoms with Crippen LogP contribution in [0.3, 0.4) is 0 Å². The van der Waals surface area contributed by atoms with E-state index in [1.54, 1.807) is 6.20 Å². The van der Waals surface area contributed by atoms with Crippen LogP contribution in [0.5, 0.6) is 0 Å². The Morgan fingerprint density at radius 1 is 1.75 bits per heavy atom. The molecular formula is C5H7ClN2. The molecular weight excluding hydrogens is 124 g/mol. The molecule has 8 heavy (non-hydrogen) atoms. The fraction of sp³-hybridized carbons (Fsp3) is 0.200. The average molecular weight is 131 g/mol. The van der Waals surface area contributed by atoms with Gasteiger partial charge >= 0.3 is 0 Å². The van der Waals surface area contributed by atoms with Gasteiger partial charge in [-0.1, -0.05) is 11.6 Å². The zero-order valence-electron chi connectivity index (χ0n) is 4.53. The third-order valence-electron chi connectivity index (χ3n) is 0.917. The van der Waals surface area contributed by atoms with Gasteiger partial charge in [0, 0.05) is 13.2 Å². The first-order valence-corrected chi connectivity index (χ1v) is 2.72. The monoisotopic (exact) mass is 130 g/mol. The fourth-order valence-corrected chi connectivity index (χ4v) is 0.676. The van der Waals surface area contributed by atoms with Crippen molar-refractivity contribution in [1.29, 1.82) is 0 Å². The molecule has 0 unspecified atom stereocenters. The van der Waals surface area contributed by atoms with Crippen LogP contribution in [0.1, 0.15) is 0 Å². The standard InChI is InChI=1S/C5H7ClN2/c1-7-5-2-4(6)3-8-5/h2-3,7-8H,1H3. The minimum absolute atomic E-state index is 0.731. The van der Waals surface area contributed by atoms with Crippen molar-refractivity contribution in [3.8, 4) is 0 Å². The van der Waals surface area contributed by atoms with Gasteiger partial charge in [0.05, 0.1) is 5.02 Å². The smallest absolute Gasteiger partial charge is 0.104 e. The highest BCUT2D eigenvalue weighted by atomic mass is 35.5. The summed E-state index contributed by atoms with van der Waals surface area (Å²) < 4.78 is 0. The van der Waals surface area contributed by atoms with E-state index in [-0.39, 0.29) is 0 Å². The second-order valence-corrected chi connectivity index (χ2v) is 1.92. The minimum Gasteiger partial charge on any atom is -0.375 e. The van der Waals surface area contributed by atoms with Crippen LogP contribution in [0.2, 0.25) is 5.02 Å². The summed E-state index contributed by atoms with van der Waals surface area (Å²) in [6.45, 7) is 0. The molecule has 0 aromatic carbocycles. The third-order valence-corrected chi connectivity index (χ3v) is 1.14. The number of aromatic nitrogens is 1. The van der Waals surface area contributed by atoms with Crippen molar-refractivity contribution in [2.45, 2.75) is 0 Å². The van der Waals surface area contributed by atoms with Gasteiger partial charge in [0.25, 0.3) is 0 Å². The van der Waals surface area contributed by atoms with Gasteiger partial charge in [0.2, 0.25) is 0 Å². The Hall–Kier alpha value is -0.630. The molecule has 1 heterocycles. The van der Waals surface area contributed by atoms with Crippen molar-refractivity contribution in [3.05, 3.63) is 17.3 Å². The number of halogens is 1. The molecule has 0 bridgehead atoms. The minimum atomic E-state index is 0.731. The Labute approximate surface area is 52.9 Å². The number of anilines is 1. The van der Waals surface area contributed by atoms with Gasteiger partial charge in [-0.2, -0.15) is 0 Å². The van der Waals surface area contributed by atoms with Crippen LogP contribution in [0.15, 0.2) is 12.3 Å². The van der Waals surface area contributed by atoms with E-state index in [0.29, 0.717) is 0 Å². The maximum atomic E-state index is 5.57. The van der Waals surface area contributed by atoms with Crippen LogP contribution >= 0.6 is 11.6 Å². The molecule has 0 aliphatic rings. The number of rotatable bonds is 1. The van der Waals surface area contributed by atoms with Crippen molar-refractivity contribution in [3.63, 3.8) is 0 Å². The van der Waals surface area contributed by atoms with Gasteiger partial charge in [-0.3, -0.25) is 0 Å². The molecule has 1 aromatic rings. The lowest BCUT2D eigenvalue weighted by Crippen LogP contribution is -1.84. The van der Waals surface area contributed by atoms with Crippen molar-refractivity contribution in [2.24, 2.45) is 0 Å². The Kier molecular flexibility index (Phi) is 1.44. The first-order valence-electron chi connectivity index (χ1n) is 2.34. The Balaban J connectivity index is 2.84. The first kappa shape index (κ1) is 5.51. The molecule has 3 heteroatoms. The fourth-order valence-electron chi connectivity index (χ4n) is 0.512. The maximum absolute atomic E-state index is 5.57.